The number of imidazole rings is 1. The zero-order valence-corrected chi connectivity index (χ0v) is 12.8. The van der Waals surface area contributed by atoms with Gasteiger partial charge in [-0.25, -0.2) is 9.97 Å². The fraction of sp³-hybridized carbons (Fsp3) is 0.467. The summed E-state index contributed by atoms with van der Waals surface area (Å²) in [5.74, 6) is 1.73. The molecule has 6 heteroatoms. The molecule has 0 radical (unpaired) electrons. The fourth-order valence-electron chi connectivity index (χ4n) is 2.60. The van der Waals surface area contributed by atoms with Crippen molar-refractivity contribution in [2.45, 2.75) is 25.5 Å². The average molecular weight is 307 g/mol. The van der Waals surface area contributed by atoms with E-state index in [4.69, 9.17) is 16.3 Å². The van der Waals surface area contributed by atoms with Gasteiger partial charge in [-0.1, -0.05) is 11.6 Å². The van der Waals surface area contributed by atoms with Gasteiger partial charge in [0.2, 0.25) is 5.88 Å². The Hall–Kier alpha value is -1.59. The number of likely N-dealkylation sites (tertiary alicyclic amines) is 1. The van der Waals surface area contributed by atoms with Gasteiger partial charge in [0.1, 0.15) is 11.9 Å². The molecule has 2 aromatic rings. The quantitative estimate of drug-likeness (QED) is 0.870. The molecule has 0 bridgehead atoms. The Morgan fingerprint density at radius 1 is 1.38 bits per heavy atom. The normalized spacial score (nSPS) is 19.6. The van der Waals surface area contributed by atoms with Gasteiger partial charge in [0, 0.05) is 38.2 Å². The summed E-state index contributed by atoms with van der Waals surface area (Å²) in [6, 6.07) is 3.62. The first-order valence-electron chi connectivity index (χ1n) is 7.17. The molecule has 0 saturated carbocycles. The fourth-order valence-corrected chi connectivity index (χ4v) is 2.72. The minimum atomic E-state index is 0.174. The second-order valence-corrected chi connectivity index (χ2v) is 5.82. The van der Waals surface area contributed by atoms with Gasteiger partial charge in [-0.15, -0.1) is 0 Å². The Morgan fingerprint density at radius 2 is 2.29 bits per heavy atom. The van der Waals surface area contributed by atoms with E-state index >= 15 is 0 Å². The van der Waals surface area contributed by atoms with Gasteiger partial charge in [-0.3, -0.25) is 4.90 Å². The van der Waals surface area contributed by atoms with Crippen molar-refractivity contribution in [1.82, 2.24) is 19.4 Å². The van der Waals surface area contributed by atoms with Gasteiger partial charge in [0.25, 0.3) is 0 Å². The Balaban J connectivity index is 1.58. The first-order chi connectivity index (χ1) is 10.2. The van der Waals surface area contributed by atoms with E-state index in [1.807, 2.05) is 25.5 Å². The highest BCUT2D eigenvalue weighted by molar-refractivity contribution is 6.30. The number of ether oxygens (including phenoxy) is 1. The summed E-state index contributed by atoms with van der Waals surface area (Å²) in [5.41, 5.74) is 0. The molecule has 0 N–H and O–H groups in total. The van der Waals surface area contributed by atoms with Crippen LogP contribution in [0.15, 0.2) is 30.7 Å². The van der Waals surface area contributed by atoms with Crippen LogP contribution in [0, 0.1) is 0 Å². The van der Waals surface area contributed by atoms with Crippen LogP contribution in [0.4, 0.5) is 0 Å². The van der Waals surface area contributed by atoms with Crippen molar-refractivity contribution >= 4 is 11.6 Å². The second-order valence-electron chi connectivity index (χ2n) is 5.39. The molecule has 0 unspecified atom stereocenters. The number of piperidine rings is 1. The van der Waals surface area contributed by atoms with Crippen LogP contribution in [0.2, 0.25) is 5.02 Å². The highest BCUT2D eigenvalue weighted by Gasteiger charge is 2.22. The highest BCUT2D eigenvalue weighted by atomic mass is 35.5. The molecule has 1 saturated heterocycles. The first kappa shape index (κ1) is 14.4. The number of aryl methyl sites for hydroxylation is 1. The molecule has 0 aromatic carbocycles. The average Bonchev–Trinajstić information content (AvgIpc) is 2.87. The van der Waals surface area contributed by atoms with Gasteiger partial charge in [-0.05, 0) is 25.5 Å². The maximum absolute atomic E-state index is 5.95. The van der Waals surface area contributed by atoms with Crippen LogP contribution in [0.3, 0.4) is 0 Å². The molecular formula is C15H19ClN4O. The Labute approximate surface area is 129 Å². The van der Waals surface area contributed by atoms with Gasteiger partial charge in [-0.2, -0.15) is 0 Å². The van der Waals surface area contributed by atoms with E-state index < -0.39 is 0 Å². The zero-order chi connectivity index (χ0) is 14.7. The van der Waals surface area contributed by atoms with E-state index in [0.717, 1.165) is 38.3 Å². The van der Waals surface area contributed by atoms with Crippen LogP contribution < -0.4 is 4.74 Å². The molecule has 2 aromatic heterocycles. The zero-order valence-electron chi connectivity index (χ0n) is 12.1. The highest BCUT2D eigenvalue weighted by Crippen LogP contribution is 2.19. The summed E-state index contributed by atoms with van der Waals surface area (Å²) in [6.07, 6.45) is 7.79. The largest absolute Gasteiger partial charge is 0.473 e. The lowest BCUT2D eigenvalue weighted by Crippen LogP contribution is -2.41. The maximum Gasteiger partial charge on any atom is 0.213 e. The predicted octanol–water partition coefficient (Wildman–Crippen LogP) is 2.51. The molecule has 0 aliphatic carbocycles. The first-order valence-corrected chi connectivity index (χ1v) is 7.55. The number of hydrogen-bond acceptors (Lipinski definition) is 4. The number of nitrogens with zero attached hydrogens (tertiary/aromatic N) is 4. The molecule has 3 rings (SSSR count). The summed E-state index contributed by atoms with van der Waals surface area (Å²) in [7, 11) is 2.03. The van der Waals surface area contributed by atoms with Gasteiger partial charge < -0.3 is 9.30 Å². The van der Waals surface area contributed by atoms with Crippen molar-refractivity contribution in [2.75, 3.05) is 13.1 Å². The minimum Gasteiger partial charge on any atom is -0.473 e. The number of hydrogen-bond donors (Lipinski definition) is 0. The van der Waals surface area contributed by atoms with E-state index in [2.05, 4.69) is 19.4 Å². The third-order valence-electron chi connectivity index (χ3n) is 3.74. The molecule has 5 nitrogen and oxygen atoms in total. The van der Waals surface area contributed by atoms with E-state index in [9.17, 15) is 0 Å². The summed E-state index contributed by atoms with van der Waals surface area (Å²) in [5, 5.41) is 0.627. The second kappa shape index (κ2) is 6.45. The van der Waals surface area contributed by atoms with Crippen LogP contribution in [0.1, 0.15) is 18.7 Å². The molecule has 0 amide bonds. The third kappa shape index (κ3) is 3.74. The van der Waals surface area contributed by atoms with Crippen LogP contribution in [-0.2, 0) is 13.6 Å². The molecular weight excluding hydrogens is 288 g/mol. The van der Waals surface area contributed by atoms with E-state index in [0.29, 0.717) is 10.9 Å². The summed E-state index contributed by atoms with van der Waals surface area (Å²) >= 11 is 5.84. The Morgan fingerprint density at radius 3 is 3.00 bits per heavy atom. The lowest BCUT2D eigenvalue weighted by Gasteiger charge is -2.32. The SMILES string of the molecule is Cn1ccnc1CN1CCC[C@H](Oc2ccc(Cl)cn2)C1. The van der Waals surface area contributed by atoms with Crippen LogP contribution in [0.25, 0.3) is 0 Å². The minimum absolute atomic E-state index is 0.174. The van der Waals surface area contributed by atoms with Crippen molar-refractivity contribution in [3.05, 3.63) is 41.6 Å². The summed E-state index contributed by atoms with van der Waals surface area (Å²) in [6.45, 7) is 2.84. The number of rotatable bonds is 4. The van der Waals surface area contributed by atoms with Crippen LogP contribution in [0.5, 0.6) is 5.88 Å². The molecule has 0 spiro atoms. The lowest BCUT2D eigenvalue weighted by atomic mass is 10.1. The molecule has 21 heavy (non-hydrogen) atoms. The molecule has 1 fully saturated rings. The molecule has 1 aliphatic heterocycles. The number of aromatic nitrogens is 3. The van der Waals surface area contributed by atoms with E-state index in [1.165, 1.54) is 0 Å². The molecule has 3 heterocycles. The van der Waals surface area contributed by atoms with Crippen molar-refractivity contribution in [1.29, 1.82) is 0 Å². The van der Waals surface area contributed by atoms with Gasteiger partial charge in [0.05, 0.1) is 11.6 Å². The van der Waals surface area contributed by atoms with Crippen LogP contribution >= 0.6 is 11.6 Å². The van der Waals surface area contributed by atoms with E-state index in [-0.39, 0.29) is 6.10 Å². The summed E-state index contributed by atoms with van der Waals surface area (Å²) in [4.78, 5) is 11.0. The molecule has 1 aliphatic rings. The van der Waals surface area contributed by atoms with Crippen molar-refractivity contribution < 1.29 is 4.74 Å². The van der Waals surface area contributed by atoms with Crippen molar-refractivity contribution in [3.8, 4) is 5.88 Å². The lowest BCUT2D eigenvalue weighted by molar-refractivity contribution is 0.0789. The predicted molar refractivity (Wildman–Crippen MR) is 81.4 cm³/mol. The standard InChI is InChI=1S/C15H19ClN4O/c1-19-8-6-17-14(19)11-20-7-2-3-13(10-20)21-15-5-4-12(16)9-18-15/h4-6,8-9,13H,2-3,7,10-11H2,1H3/t13-/m0/s1. The van der Waals surface area contributed by atoms with Gasteiger partial charge >= 0.3 is 0 Å². The van der Waals surface area contributed by atoms with Crippen molar-refractivity contribution in [3.63, 3.8) is 0 Å². The van der Waals surface area contributed by atoms with E-state index in [1.54, 1.807) is 12.3 Å². The number of pyridine rings is 1. The van der Waals surface area contributed by atoms with Crippen molar-refractivity contribution in [2.24, 2.45) is 7.05 Å². The smallest absolute Gasteiger partial charge is 0.213 e. The topological polar surface area (TPSA) is 43.2 Å². The molecule has 1 atom stereocenters. The van der Waals surface area contributed by atoms with Gasteiger partial charge in [0.15, 0.2) is 0 Å². The Kier molecular flexibility index (Phi) is 4.41. The maximum atomic E-state index is 5.95. The van der Waals surface area contributed by atoms with Crippen LogP contribution in [-0.4, -0.2) is 38.6 Å². The monoisotopic (exact) mass is 306 g/mol. The molecule has 112 valence electrons. The third-order valence-corrected chi connectivity index (χ3v) is 3.96. The number of halogens is 1. The Bertz CT molecular complexity index is 584. The summed E-state index contributed by atoms with van der Waals surface area (Å²) < 4.78 is 8.01.